The summed E-state index contributed by atoms with van der Waals surface area (Å²) in [4.78, 5) is 15.5. The third kappa shape index (κ3) is 6.09. The van der Waals surface area contributed by atoms with Crippen LogP contribution in [0.1, 0.15) is 28.1 Å². The van der Waals surface area contributed by atoms with E-state index < -0.39 is 0 Å². The SMILES string of the molecule is CCNC(=NCc1c(Cl)cccc1N1CCN(C)CC1)NCCc1nc(C)c(C)s1. The molecule has 164 valence electrons. The molecular weight excluding hydrogens is 416 g/mol. The number of hydrogen-bond acceptors (Lipinski definition) is 5. The van der Waals surface area contributed by atoms with Crippen molar-refractivity contribution < 1.29 is 0 Å². The summed E-state index contributed by atoms with van der Waals surface area (Å²) in [6.07, 6.45) is 0.891. The lowest BCUT2D eigenvalue weighted by Crippen LogP contribution is -2.44. The maximum absolute atomic E-state index is 6.59. The maximum atomic E-state index is 6.59. The number of piperazine rings is 1. The van der Waals surface area contributed by atoms with E-state index in [-0.39, 0.29) is 0 Å². The highest BCUT2D eigenvalue weighted by Crippen LogP contribution is 2.29. The molecule has 1 fully saturated rings. The zero-order chi connectivity index (χ0) is 21.5. The van der Waals surface area contributed by atoms with Gasteiger partial charge in [0.15, 0.2) is 5.96 Å². The Morgan fingerprint density at radius 3 is 2.63 bits per heavy atom. The average Bonchev–Trinajstić information content (AvgIpc) is 3.04. The molecule has 8 heteroatoms. The summed E-state index contributed by atoms with van der Waals surface area (Å²) in [6.45, 7) is 12.6. The van der Waals surface area contributed by atoms with Crippen LogP contribution in [-0.2, 0) is 13.0 Å². The maximum Gasteiger partial charge on any atom is 0.191 e. The van der Waals surface area contributed by atoms with Crippen molar-refractivity contribution in [3.05, 3.63) is 44.4 Å². The largest absolute Gasteiger partial charge is 0.369 e. The minimum Gasteiger partial charge on any atom is -0.369 e. The van der Waals surface area contributed by atoms with Gasteiger partial charge in [-0.1, -0.05) is 17.7 Å². The Morgan fingerprint density at radius 1 is 1.20 bits per heavy atom. The Hall–Kier alpha value is -1.83. The van der Waals surface area contributed by atoms with E-state index in [2.05, 4.69) is 59.3 Å². The molecule has 2 heterocycles. The Bertz CT molecular complexity index is 838. The lowest BCUT2D eigenvalue weighted by molar-refractivity contribution is 0.312. The monoisotopic (exact) mass is 448 g/mol. The van der Waals surface area contributed by atoms with Gasteiger partial charge < -0.3 is 20.4 Å². The van der Waals surface area contributed by atoms with Crippen LogP contribution in [-0.4, -0.2) is 62.2 Å². The second-order valence-corrected chi connectivity index (χ2v) is 9.34. The van der Waals surface area contributed by atoms with E-state index in [1.165, 1.54) is 10.6 Å². The normalized spacial score (nSPS) is 15.5. The minimum absolute atomic E-state index is 0.548. The number of guanidine groups is 1. The van der Waals surface area contributed by atoms with Gasteiger partial charge in [0.2, 0.25) is 0 Å². The molecule has 6 nitrogen and oxygen atoms in total. The summed E-state index contributed by atoms with van der Waals surface area (Å²) >= 11 is 8.36. The number of benzene rings is 1. The van der Waals surface area contributed by atoms with Crippen LogP contribution >= 0.6 is 22.9 Å². The average molecular weight is 449 g/mol. The molecule has 1 aliphatic heterocycles. The van der Waals surface area contributed by atoms with Gasteiger partial charge in [-0.2, -0.15) is 0 Å². The van der Waals surface area contributed by atoms with Gasteiger partial charge in [-0.25, -0.2) is 9.98 Å². The number of hydrogen-bond donors (Lipinski definition) is 2. The highest BCUT2D eigenvalue weighted by molar-refractivity contribution is 7.11. The molecule has 3 rings (SSSR count). The Balaban J connectivity index is 1.66. The summed E-state index contributed by atoms with van der Waals surface area (Å²) in [5.41, 5.74) is 3.42. The summed E-state index contributed by atoms with van der Waals surface area (Å²) in [6, 6.07) is 6.15. The fourth-order valence-electron chi connectivity index (χ4n) is 3.48. The number of thiazole rings is 1. The molecule has 0 bridgehead atoms. The fourth-order valence-corrected chi connectivity index (χ4v) is 4.64. The predicted octanol–water partition coefficient (Wildman–Crippen LogP) is 3.46. The van der Waals surface area contributed by atoms with Crippen molar-refractivity contribution in [1.29, 1.82) is 0 Å². The van der Waals surface area contributed by atoms with Gasteiger partial charge in [0, 0.05) is 66.8 Å². The van der Waals surface area contributed by atoms with Crippen LogP contribution in [0.2, 0.25) is 5.02 Å². The van der Waals surface area contributed by atoms with Crippen LogP contribution in [0.25, 0.3) is 0 Å². The van der Waals surface area contributed by atoms with Gasteiger partial charge in [-0.15, -0.1) is 11.3 Å². The number of likely N-dealkylation sites (N-methyl/N-ethyl adjacent to an activating group) is 1. The first-order valence-electron chi connectivity index (χ1n) is 10.6. The quantitative estimate of drug-likeness (QED) is 0.501. The molecule has 30 heavy (non-hydrogen) atoms. The number of nitrogens with one attached hydrogen (secondary N) is 2. The number of anilines is 1. The first kappa shape index (κ1) is 22.8. The Morgan fingerprint density at radius 2 is 1.97 bits per heavy atom. The third-order valence-corrected chi connectivity index (χ3v) is 6.87. The van der Waals surface area contributed by atoms with Crippen LogP contribution < -0.4 is 15.5 Å². The summed E-state index contributed by atoms with van der Waals surface area (Å²) in [5.74, 6) is 0.812. The highest BCUT2D eigenvalue weighted by atomic mass is 35.5. The summed E-state index contributed by atoms with van der Waals surface area (Å²) in [5, 5.41) is 8.71. The van der Waals surface area contributed by atoms with Crippen molar-refractivity contribution in [2.75, 3.05) is 51.2 Å². The number of rotatable bonds is 7. The molecule has 0 atom stereocenters. The zero-order valence-corrected chi connectivity index (χ0v) is 20.0. The number of aliphatic imine (C=N–C) groups is 1. The molecule has 0 radical (unpaired) electrons. The van der Waals surface area contributed by atoms with Gasteiger partial charge in [-0.05, 0) is 40.0 Å². The molecule has 1 saturated heterocycles. The smallest absolute Gasteiger partial charge is 0.191 e. The molecule has 0 aliphatic carbocycles. The lowest BCUT2D eigenvalue weighted by atomic mass is 10.1. The van der Waals surface area contributed by atoms with E-state index in [1.807, 2.05) is 12.1 Å². The topological polar surface area (TPSA) is 55.8 Å². The van der Waals surface area contributed by atoms with Crippen LogP contribution in [0, 0.1) is 13.8 Å². The van der Waals surface area contributed by atoms with Gasteiger partial charge in [0.05, 0.1) is 17.2 Å². The van der Waals surface area contributed by atoms with Gasteiger partial charge in [-0.3, -0.25) is 0 Å². The van der Waals surface area contributed by atoms with Crippen molar-refractivity contribution in [3.8, 4) is 0 Å². The molecule has 0 amide bonds. The molecule has 1 aromatic carbocycles. The van der Waals surface area contributed by atoms with Crippen molar-refractivity contribution >= 4 is 34.6 Å². The van der Waals surface area contributed by atoms with Crippen molar-refractivity contribution in [2.24, 2.45) is 4.99 Å². The molecule has 1 aliphatic rings. The van der Waals surface area contributed by atoms with E-state index in [0.717, 1.165) is 72.9 Å². The van der Waals surface area contributed by atoms with E-state index >= 15 is 0 Å². The number of aryl methyl sites for hydroxylation is 2. The van der Waals surface area contributed by atoms with Gasteiger partial charge in [0.25, 0.3) is 0 Å². The van der Waals surface area contributed by atoms with E-state index in [4.69, 9.17) is 16.6 Å². The molecule has 2 aromatic rings. The zero-order valence-electron chi connectivity index (χ0n) is 18.5. The van der Waals surface area contributed by atoms with Crippen LogP contribution in [0.3, 0.4) is 0 Å². The summed E-state index contributed by atoms with van der Waals surface area (Å²) < 4.78 is 0. The van der Waals surface area contributed by atoms with Gasteiger partial charge in [0.1, 0.15) is 0 Å². The van der Waals surface area contributed by atoms with Crippen molar-refractivity contribution in [3.63, 3.8) is 0 Å². The Labute approximate surface area is 189 Å². The number of nitrogens with zero attached hydrogens (tertiary/aromatic N) is 4. The van der Waals surface area contributed by atoms with Gasteiger partial charge >= 0.3 is 0 Å². The molecule has 0 spiro atoms. The molecule has 0 saturated carbocycles. The number of halogens is 1. The minimum atomic E-state index is 0.548. The fraction of sp³-hybridized carbons (Fsp3) is 0.545. The third-order valence-electron chi connectivity index (χ3n) is 5.38. The summed E-state index contributed by atoms with van der Waals surface area (Å²) in [7, 11) is 2.17. The van der Waals surface area contributed by atoms with Crippen molar-refractivity contribution in [2.45, 2.75) is 33.7 Å². The Kier molecular flexibility index (Phi) is 8.36. The van der Waals surface area contributed by atoms with Crippen LogP contribution in [0.15, 0.2) is 23.2 Å². The lowest BCUT2D eigenvalue weighted by Gasteiger charge is -2.35. The molecular formula is C22H33ClN6S. The van der Waals surface area contributed by atoms with Crippen molar-refractivity contribution in [1.82, 2.24) is 20.5 Å². The molecule has 2 N–H and O–H groups in total. The van der Waals surface area contributed by atoms with E-state index in [1.54, 1.807) is 11.3 Å². The van der Waals surface area contributed by atoms with Crippen LogP contribution in [0.4, 0.5) is 5.69 Å². The first-order valence-corrected chi connectivity index (χ1v) is 11.8. The molecule has 0 unspecified atom stereocenters. The highest BCUT2D eigenvalue weighted by Gasteiger charge is 2.18. The predicted molar refractivity (Wildman–Crippen MR) is 129 cm³/mol. The standard InChI is InChI=1S/C22H33ClN6S/c1-5-24-22(25-10-9-21-27-16(2)17(3)30-21)26-15-18-19(23)7-6-8-20(18)29-13-11-28(4)12-14-29/h6-8H,5,9-15H2,1-4H3,(H2,24,25,26). The second-order valence-electron chi connectivity index (χ2n) is 7.65. The van der Waals surface area contributed by atoms with Crippen LogP contribution in [0.5, 0.6) is 0 Å². The molecule has 1 aromatic heterocycles. The second kappa shape index (κ2) is 11.0. The number of aromatic nitrogens is 1. The first-order chi connectivity index (χ1) is 14.5. The van der Waals surface area contributed by atoms with E-state index in [0.29, 0.717) is 6.54 Å². The van der Waals surface area contributed by atoms with E-state index in [9.17, 15) is 0 Å².